The number of benzene rings is 2. The Morgan fingerprint density at radius 2 is 1.91 bits per heavy atom. The maximum absolute atomic E-state index is 13.9. The number of hydrogen-bond acceptors (Lipinski definition) is 4. The van der Waals surface area contributed by atoms with Gasteiger partial charge < -0.3 is 5.11 Å². The number of carbonyl (C=O) groups excluding carboxylic acids is 1. The van der Waals surface area contributed by atoms with Crippen molar-refractivity contribution in [3.8, 4) is 6.07 Å². The van der Waals surface area contributed by atoms with Crippen molar-refractivity contribution in [2.45, 2.75) is 51.2 Å². The Balaban J connectivity index is 1.37. The van der Waals surface area contributed by atoms with Crippen molar-refractivity contribution >= 4 is 5.91 Å². The standard InChI is InChI=1S/C25H26F2N2O3/c26-22-11-18(14-28)10-21(13-22)24-7-8-32-29(24)25(31)19-4-1-16(2-5-19)9-17-3-6-20(15-30)23(27)12-17/h3,6,10-13,16,19,24,30H,1-2,4-5,7-9,15H2/t16?,19?,24-/m0/s1. The summed E-state index contributed by atoms with van der Waals surface area (Å²) < 4.78 is 27.8. The fourth-order valence-corrected chi connectivity index (χ4v) is 4.83. The van der Waals surface area contributed by atoms with Crippen LogP contribution >= 0.6 is 0 Å². The third-order valence-electron chi connectivity index (χ3n) is 6.56. The van der Waals surface area contributed by atoms with E-state index in [2.05, 4.69) is 0 Å². The van der Waals surface area contributed by atoms with Crippen LogP contribution in [0.2, 0.25) is 0 Å². The van der Waals surface area contributed by atoms with Gasteiger partial charge in [-0.25, -0.2) is 13.8 Å². The molecule has 0 radical (unpaired) electrons. The molecule has 0 aromatic heterocycles. The SMILES string of the molecule is N#Cc1cc(F)cc([C@@H]2CCON2C(=O)C2CCC(Cc3ccc(CO)c(F)c3)CC2)c1. The summed E-state index contributed by atoms with van der Waals surface area (Å²) in [5.41, 5.74) is 2.00. The lowest BCUT2D eigenvalue weighted by Crippen LogP contribution is -2.36. The van der Waals surface area contributed by atoms with Gasteiger partial charge >= 0.3 is 0 Å². The Kier molecular flexibility index (Phi) is 6.83. The van der Waals surface area contributed by atoms with E-state index in [1.807, 2.05) is 12.1 Å². The lowest BCUT2D eigenvalue weighted by Gasteiger charge is -2.32. The number of hydroxylamine groups is 2. The summed E-state index contributed by atoms with van der Waals surface area (Å²) in [6.45, 7) is 0.0614. The molecule has 7 heteroatoms. The van der Waals surface area contributed by atoms with E-state index in [0.717, 1.165) is 37.7 Å². The van der Waals surface area contributed by atoms with E-state index in [-0.39, 0.29) is 29.8 Å². The van der Waals surface area contributed by atoms with Crippen molar-refractivity contribution in [2.24, 2.45) is 11.8 Å². The molecule has 0 spiro atoms. The largest absolute Gasteiger partial charge is 0.392 e. The molecule has 1 aliphatic carbocycles. The minimum absolute atomic E-state index is 0.0907. The first kappa shape index (κ1) is 22.4. The Morgan fingerprint density at radius 1 is 1.12 bits per heavy atom. The lowest BCUT2D eigenvalue weighted by atomic mass is 9.78. The Hall–Kier alpha value is -2.82. The quantitative estimate of drug-likeness (QED) is 0.739. The number of aliphatic hydroxyl groups is 1. The first-order valence-corrected chi connectivity index (χ1v) is 11.0. The number of amides is 1. The number of carbonyl (C=O) groups is 1. The summed E-state index contributed by atoms with van der Waals surface area (Å²) in [5, 5.41) is 19.6. The molecule has 2 aromatic rings. The van der Waals surface area contributed by atoms with Gasteiger partial charge in [-0.2, -0.15) is 5.26 Å². The highest BCUT2D eigenvalue weighted by Gasteiger charge is 2.37. The van der Waals surface area contributed by atoms with Crippen molar-refractivity contribution < 1.29 is 23.5 Å². The van der Waals surface area contributed by atoms with Gasteiger partial charge in [0.25, 0.3) is 0 Å². The van der Waals surface area contributed by atoms with Crippen LogP contribution in [0.1, 0.15) is 60.4 Å². The van der Waals surface area contributed by atoms with Gasteiger partial charge in [0.15, 0.2) is 0 Å². The smallest absolute Gasteiger partial charge is 0.249 e. The van der Waals surface area contributed by atoms with Crippen LogP contribution in [0.15, 0.2) is 36.4 Å². The maximum atomic E-state index is 13.9. The molecule has 32 heavy (non-hydrogen) atoms. The zero-order valence-corrected chi connectivity index (χ0v) is 17.8. The van der Waals surface area contributed by atoms with Crippen molar-refractivity contribution in [1.29, 1.82) is 5.26 Å². The van der Waals surface area contributed by atoms with Gasteiger partial charge in [0.2, 0.25) is 5.91 Å². The molecule has 2 aromatic carbocycles. The third-order valence-corrected chi connectivity index (χ3v) is 6.56. The monoisotopic (exact) mass is 440 g/mol. The number of rotatable bonds is 5. The van der Waals surface area contributed by atoms with Gasteiger partial charge in [-0.3, -0.25) is 9.63 Å². The van der Waals surface area contributed by atoms with E-state index in [9.17, 15) is 13.6 Å². The van der Waals surface area contributed by atoms with Gasteiger partial charge in [-0.15, -0.1) is 0 Å². The number of nitrogens with zero attached hydrogens (tertiary/aromatic N) is 2. The fraction of sp³-hybridized carbons (Fsp3) is 0.440. The Labute approximate surface area is 186 Å². The second kappa shape index (κ2) is 9.76. The van der Waals surface area contributed by atoms with E-state index < -0.39 is 11.9 Å². The van der Waals surface area contributed by atoms with Crippen LogP contribution in [0, 0.1) is 34.8 Å². The topological polar surface area (TPSA) is 73.6 Å². The maximum Gasteiger partial charge on any atom is 0.249 e. The summed E-state index contributed by atoms with van der Waals surface area (Å²) in [6, 6.07) is 10.7. The molecule has 1 saturated carbocycles. The van der Waals surface area contributed by atoms with E-state index >= 15 is 0 Å². The molecule has 1 aliphatic heterocycles. The predicted molar refractivity (Wildman–Crippen MR) is 113 cm³/mol. The van der Waals surface area contributed by atoms with Crippen molar-refractivity contribution in [3.63, 3.8) is 0 Å². The van der Waals surface area contributed by atoms with Gasteiger partial charge in [-0.1, -0.05) is 12.1 Å². The van der Waals surface area contributed by atoms with E-state index in [1.165, 1.54) is 23.3 Å². The number of hydrogen-bond donors (Lipinski definition) is 1. The molecule has 1 saturated heterocycles. The number of halogens is 2. The molecule has 2 fully saturated rings. The van der Waals surface area contributed by atoms with Crippen LogP contribution in [0.4, 0.5) is 8.78 Å². The minimum atomic E-state index is -0.498. The molecule has 2 aliphatic rings. The Bertz CT molecular complexity index is 1030. The summed E-state index contributed by atoms with van der Waals surface area (Å²) in [5.74, 6) is -0.767. The highest BCUT2D eigenvalue weighted by molar-refractivity contribution is 5.78. The van der Waals surface area contributed by atoms with Crippen LogP contribution in [-0.2, 0) is 22.7 Å². The van der Waals surface area contributed by atoms with E-state index in [4.69, 9.17) is 15.2 Å². The molecule has 1 heterocycles. The minimum Gasteiger partial charge on any atom is -0.392 e. The van der Waals surface area contributed by atoms with E-state index in [1.54, 1.807) is 12.1 Å². The van der Waals surface area contributed by atoms with Crippen molar-refractivity contribution in [1.82, 2.24) is 5.06 Å². The molecule has 0 unspecified atom stereocenters. The molecule has 168 valence electrons. The second-order valence-corrected chi connectivity index (χ2v) is 8.69. The fourth-order valence-electron chi connectivity index (χ4n) is 4.83. The highest BCUT2D eigenvalue weighted by Crippen LogP contribution is 2.37. The molecule has 5 nitrogen and oxygen atoms in total. The van der Waals surface area contributed by atoms with Crippen LogP contribution in [0.3, 0.4) is 0 Å². The first-order valence-electron chi connectivity index (χ1n) is 11.0. The number of nitriles is 1. The average molecular weight is 440 g/mol. The van der Waals surface area contributed by atoms with Crippen molar-refractivity contribution in [2.75, 3.05) is 6.61 Å². The van der Waals surface area contributed by atoms with Crippen LogP contribution in [0.5, 0.6) is 0 Å². The summed E-state index contributed by atoms with van der Waals surface area (Å²) >= 11 is 0. The van der Waals surface area contributed by atoms with Crippen LogP contribution in [-0.4, -0.2) is 22.7 Å². The lowest BCUT2D eigenvalue weighted by molar-refractivity contribution is -0.183. The number of aliphatic hydroxyl groups excluding tert-OH is 1. The summed E-state index contributed by atoms with van der Waals surface area (Å²) in [6.07, 6.45) is 4.46. The third kappa shape index (κ3) is 4.82. The first-order chi connectivity index (χ1) is 15.5. The van der Waals surface area contributed by atoms with Gasteiger partial charge in [0.05, 0.1) is 30.9 Å². The predicted octanol–water partition coefficient (Wildman–Crippen LogP) is 4.58. The highest BCUT2D eigenvalue weighted by atomic mass is 19.1. The Morgan fingerprint density at radius 3 is 2.59 bits per heavy atom. The van der Waals surface area contributed by atoms with Gasteiger partial charge in [-0.05, 0) is 73.4 Å². The molecule has 0 bridgehead atoms. The summed E-state index contributed by atoms with van der Waals surface area (Å²) in [7, 11) is 0. The van der Waals surface area contributed by atoms with Gasteiger partial charge in [0, 0.05) is 17.9 Å². The zero-order valence-electron chi connectivity index (χ0n) is 17.8. The van der Waals surface area contributed by atoms with Gasteiger partial charge in [0.1, 0.15) is 11.6 Å². The average Bonchev–Trinajstić information content (AvgIpc) is 3.29. The molecular weight excluding hydrogens is 414 g/mol. The van der Waals surface area contributed by atoms with E-state index in [0.29, 0.717) is 30.1 Å². The molecular formula is C25H26F2N2O3. The van der Waals surface area contributed by atoms with Crippen molar-refractivity contribution in [3.05, 3.63) is 70.3 Å². The summed E-state index contributed by atoms with van der Waals surface area (Å²) in [4.78, 5) is 18.8. The normalized spacial score (nSPS) is 23.2. The molecule has 1 N–H and O–H groups in total. The molecule has 4 rings (SSSR count). The molecule has 1 amide bonds. The van der Waals surface area contributed by atoms with Crippen LogP contribution in [0.25, 0.3) is 0 Å². The zero-order chi connectivity index (χ0) is 22.7. The van der Waals surface area contributed by atoms with Crippen LogP contribution < -0.4 is 0 Å². The second-order valence-electron chi connectivity index (χ2n) is 8.69. The molecule has 1 atom stereocenters.